The third-order valence-corrected chi connectivity index (χ3v) is 4.26. The fourth-order valence-electron chi connectivity index (χ4n) is 3.39. The second kappa shape index (κ2) is 3.91. The summed E-state index contributed by atoms with van der Waals surface area (Å²) in [5.41, 5.74) is 9.15. The Bertz CT molecular complexity index is 418. The van der Waals surface area contributed by atoms with E-state index in [0.717, 1.165) is 24.1 Å². The van der Waals surface area contributed by atoms with E-state index >= 15 is 0 Å². The van der Waals surface area contributed by atoms with Gasteiger partial charge in [0.2, 0.25) is 0 Å². The van der Waals surface area contributed by atoms with Crippen LogP contribution in [0.2, 0.25) is 0 Å². The number of hydrogen-bond donors (Lipinski definition) is 2. The van der Waals surface area contributed by atoms with E-state index < -0.39 is 0 Å². The lowest BCUT2D eigenvalue weighted by molar-refractivity contribution is 0.126. The number of benzene rings is 1. The van der Waals surface area contributed by atoms with Crippen molar-refractivity contribution in [2.24, 2.45) is 0 Å². The van der Waals surface area contributed by atoms with Crippen LogP contribution in [0.1, 0.15) is 31.2 Å². The average molecular weight is 232 g/mol. The van der Waals surface area contributed by atoms with Gasteiger partial charge in [-0.15, -0.1) is 0 Å². The Balaban J connectivity index is 1.92. The van der Waals surface area contributed by atoms with Gasteiger partial charge in [0.15, 0.2) is 0 Å². The zero-order chi connectivity index (χ0) is 12.0. The SMILES string of the molecule is Cc1cc(N2C3CCC2CC(O)C3)ccc1N. The van der Waals surface area contributed by atoms with Gasteiger partial charge in [0.25, 0.3) is 0 Å². The number of rotatable bonds is 1. The molecule has 92 valence electrons. The van der Waals surface area contributed by atoms with Gasteiger partial charge in [-0.25, -0.2) is 0 Å². The van der Waals surface area contributed by atoms with E-state index in [2.05, 4.69) is 24.0 Å². The summed E-state index contributed by atoms with van der Waals surface area (Å²) in [5.74, 6) is 0. The van der Waals surface area contributed by atoms with Crippen LogP contribution in [0.3, 0.4) is 0 Å². The molecule has 2 unspecified atom stereocenters. The molecule has 1 aromatic rings. The monoisotopic (exact) mass is 232 g/mol. The first-order valence-electron chi connectivity index (χ1n) is 6.47. The Morgan fingerprint density at radius 3 is 2.47 bits per heavy atom. The maximum atomic E-state index is 9.81. The van der Waals surface area contributed by atoms with Crippen molar-refractivity contribution in [3.63, 3.8) is 0 Å². The molecule has 3 rings (SSSR count). The number of hydrogen-bond acceptors (Lipinski definition) is 3. The molecule has 3 nitrogen and oxygen atoms in total. The summed E-state index contributed by atoms with van der Waals surface area (Å²) in [6.45, 7) is 2.06. The predicted octanol–water partition coefficient (Wildman–Crippen LogP) is 2.07. The van der Waals surface area contributed by atoms with Crippen molar-refractivity contribution in [1.29, 1.82) is 0 Å². The highest BCUT2D eigenvalue weighted by Gasteiger charge is 2.40. The lowest BCUT2D eigenvalue weighted by atomic mass is 9.98. The van der Waals surface area contributed by atoms with Gasteiger partial charge in [0, 0.05) is 23.5 Å². The molecule has 0 aromatic heterocycles. The first-order valence-corrected chi connectivity index (χ1v) is 6.47. The minimum absolute atomic E-state index is 0.0985. The van der Waals surface area contributed by atoms with Gasteiger partial charge in [-0.3, -0.25) is 0 Å². The number of nitrogens with two attached hydrogens (primary N) is 1. The molecule has 2 heterocycles. The van der Waals surface area contributed by atoms with E-state index in [0.29, 0.717) is 12.1 Å². The molecular formula is C14H20N2O. The number of aliphatic hydroxyl groups is 1. The molecule has 0 amide bonds. The Kier molecular flexibility index (Phi) is 2.51. The maximum Gasteiger partial charge on any atom is 0.0579 e. The molecule has 0 aliphatic carbocycles. The summed E-state index contributed by atoms with van der Waals surface area (Å²) in [6, 6.07) is 7.33. The second-order valence-electron chi connectivity index (χ2n) is 5.46. The van der Waals surface area contributed by atoms with Gasteiger partial charge in [0.05, 0.1) is 6.10 Å². The highest BCUT2D eigenvalue weighted by Crippen LogP contribution is 2.39. The molecule has 3 heteroatoms. The van der Waals surface area contributed by atoms with E-state index in [1.54, 1.807) is 0 Å². The summed E-state index contributed by atoms with van der Waals surface area (Å²) in [5, 5.41) is 9.81. The first-order chi connectivity index (χ1) is 8.15. The van der Waals surface area contributed by atoms with Crippen LogP contribution < -0.4 is 10.6 Å². The van der Waals surface area contributed by atoms with Crippen molar-refractivity contribution in [2.45, 2.75) is 50.8 Å². The summed E-state index contributed by atoms with van der Waals surface area (Å²) in [4.78, 5) is 2.50. The van der Waals surface area contributed by atoms with Crippen LogP contribution >= 0.6 is 0 Å². The van der Waals surface area contributed by atoms with Gasteiger partial charge >= 0.3 is 0 Å². The van der Waals surface area contributed by atoms with Crippen molar-refractivity contribution in [1.82, 2.24) is 0 Å². The number of nitrogens with zero attached hydrogens (tertiary/aromatic N) is 1. The third-order valence-electron chi connectivity index (χ3n) is 4.26. The first kappa shape index (κ1) is 10.9. The largest absolute Gasteiger partial charge is 0.399 e. The number of anilines is 2. The summed E-state index contributed by atoms with van der Waals surface area (Å²) < 4.78 is 0. The van der Waals surface area contributed by atoms with Gasteiger partial charge in [-0.2, -0.15) is 0 Å². The van der Waals surface area contributed by atoms with E-state index in [-0.39, 0.29) is 6.10 Å². The number of piperidine rings is 1. The molecule has 1 aromatic carbocycles. The Labute approximate surface area is 102 Å². The van der Waals surface area contributed by atoms with Crippen LogP contribution in [0, 0.1) is 6.92 Å². The molecule has 2 aliphatic rings. The van der Waals surface area contributed by atoms with Crippen LogP contribution in [-0.4, -0.2) is 23.3 Å². The highest BCUT2D eigenvalue weighted by molar-refractivity contribution is 5.59. The molecule has 17 heavy (non-hydrogen) atoms. The molecule has 2 atom stereocenters. The number of fused-ring (bicyclic) bond motifs is 2. The fraction of sp³-hybridized carbons (Fsp3) is 0.571. The lowest BCUT2D eigenvalue weighted by Crippen LogP contribution is -2.44. The van der Waals surface area contributed by atoms with Crippen molar-refractivity contribution in [3.05, 3.63) is 23.8 Å². The number of aliphatic hydroxyl groups excluding tert-OH is 1. The second-order valence-corrected chi connectivity index (χ2v) is 5.46. The van der Waals surface area contributed by atoms with Gasteiger partial charge in [-0.05, 0) is 56.4 Å². The summed E-state index contributed by atoms with van der Waals surface area (Å²) in [6.07, 6.45) is 4.16. The minimum Gasteiger partial charge on any atom is -0.399 e. The summed E-state index contributed by atoms with van der Waals surface area (Å²) >= 11 is 0. The Morgan fingerprint density at radius 1 is 1.24 bits per heavy atom. The van der Waals surface area contributed by atoms with Crippen molar-refractivity contribution >= 4 is 11.4 Å². The van der Waals surface area contributed by atoms with E-state index in [4.69, 9.17) is 5.73 Å². The van der Waals surface area contributed by atoms with E-state index in [1.807, 2.05) is 6.07 Å². The topological polar surface area (TPSA) is 49.5 Å². The van der Waals surface area contributed by atoms with Crippen LogP contribution in [0.15, 0.2) is 18.2 Å². The molecule has 2 aliphatic heterocycles. The smallest absolute Gasteiger partial charge is 0.0579 e. The van der Waals surface area contributed by atoms with Gasteiger partial charge < -0.3 is 15.7 Å². The van der Waals surface area contributed by atoms with Gasteiger partial charge in [-0.1, -0.05) is 0 Å². The number of aryl methyl sites for hydroxylation is 1. The number of nitrogen functional groups attached to an aromatic ring is 1. The highest BCUT2D eigenvalue weighted by atomic mass is 16.3. The van der Waals surface area contributed by atoms with Crippen molar-refractivity contribution < 1.29 is 5.11 Å². The molecule has 2 fully saturated rings. The average Bonchev–Trinajstić information content (AvgIpc) is 2.55. The molecule has 2 saturated heterocycles. The Hall–Kier alpha value is -1.22. The van der Waals surface area contributed by atoms with Crippen LogP contribution in [-0.2, 0) is 0 Å². The predicted molar refractivity (Wildman–Crippen MR) is 70.1 cm³/mol. The standard InChI is InChI=1S/C14H20N2O/c1-9-6-10(4-5-14(9)15)16-11-2-3-12(16)8-13(17)7-11/h4-6,11-13,17H,2-3,7-8,15H2,1H3. The third kappa shape index (κ3) is 1.78. The van der Waals surface area contributed by atoms with Crippen LogP contribution in [0.25, 0.3) is 0 Å². The minimum atomic E-state index is -0.0985. The molecule has 0 radical (unpaired) electrons. The van der Waals surface area contributed by atoms with Crippen molar-refractivity contribution in [2.75, 3.05) is 10.6 Å². The van der Waals surface area contributed by atoms with Crippen molar-refractivity contribution in [3.8, 4) is 0 Å². The quantitative estimate of drug-likeness (QED) is 0.729. The lowest BCUT2D eigenvalue weighted by Gasteiger charge is -2.39. The van der Waals surface area contributed by atoms with Gasteiger partial charge in [0.1, 0.15) is 0 Å². The molecule has 0 spiro atoms. The molecule has 2 bridgehead atoms. The zero-order valence-corrected chi connectivity index (χ0v) is 10.3. The summed E-state index contributed by atoms with van der Waals surface area (Å²) in [7, 11) is 0. The molecule has 0 saturated carbocycles. The van der Waals surface area contributed by atoms with E-state index in [1.165, 1.54) is 18.5 Å². The molecular weight excluding hydrogens is 212 g/mol. The Morgan fingerprint density at radius 2 is 1.88 bits per heavy atom. The normalized spacial score (nSPS) is 31.9. The van der Waals surface area contributed by atoms with Crippen LogP contribution in [0.5, 0.6) is 0 Å². The fourth-order valence-corrected chi connectivity index (χ4v) is 3.39. The van der Waals surface area contributed by atoms with Crippen LogP contribution in [0.4, 0.5) is 11.4 Å². The maximum absolute atomic E-state index is 9.81. The zero-order valence-electron chi connectivity index (χ0n) is 10.3. The van der Waals surface area contributed by atoms with E-state index in [9.17, 15) is 5.11 Å². The molecule has 3 N–H and O–H groups in total.